The molecule has 14 nitrogen and oxygen atoms in total. The van der Waals surface area contributed by atoms with Gasteiger partial charge in [-0.25, -0.2) is 36.7 Å². The molecule has 0 heterocycles. The second kappa shape index (κ2) is 21.5. The number of carbonyl (C=O) groups is 4. The van der Waals surface area contributed by atoms with Crippen molar-refractivity contribution in [1.82, 2.24) is 0 Å². The van der Waals surface area contributed by atoms with Gasteiger partial charge in [0, 0.05) is 26.7 Å². The van der Waals surface area contributed by atoms with Gasteiger partial charge in [0.2, 0.25) is 20.0 Å². The van der Waals surface area contributed by atoms with Crippen LogP contribution in [0.4, 0.5) is 0 Å². The Bertz CT molecular complexity index is 2830. The first-order valence-corrected chi connectivity index (χ1v) is 22.1. The van der Waals surface area contributed by atoms with Gasteiger partial charge >= 0.3 is 19.1 Å². The zero-order valence-corrected chi connectivity index (χ0v) is 37.1. The number of esters is 2. The van der Waals surface area contributed by atoms with Crippen LogP contribution in [0.25, 0.3) is 11.1 Å². The van der Waals surface area contributed by atoms with E-state index in [9.17, 15) is 36.0 Å². The summed E-state index contributed by atoms with van der Waals surface area (Å²) in [5.41, 5.74) is 4.06. The average molecular weight is 984 g/mol. The van der Waals surface area contributed by atoms with E-state index in [2.05, 4.69) is 25.4 Å². The first kappa shape index (κ1) is 49.1. The monoisotopic (exact) mass is 982 g/mol. The van der Waals surface area contributed by atoms with Crippen LogP contribution < -0.4 is 15.7 Å². The maximum atomic E-state index is 12.7. The van der Waals surface area contributed by atoms with Crippen LogP contribution in [0.15, 0.2) is 148 Å². The van der Waals surface area contributed by atoms with Gasteiger partial charge in [-0.2, -0.15) is 0 Å². The number of rotatable bonds is 10. The smallest absolute Gasteiger partial charge is 0.465 e. The number of ether oxygens (including phenoxy) is 2. The van der Waals surface area contributed by atoms with E-state index in [1.807, 2.05) is 0 Å². The predicted molar refractivity (Wildman–Crippen MR) is 237 cm³/mol. The summed E-state index contributed by atoms with van der Waals surface area (Å²) in [7, 11) is -6.91. The number of primary sulfonamides is 2. The standard InChI is InChI=1S/C21H16ClNO5S.C13H9BrClNO3S.C8H9BO4/c1-28-21(25)16-8-4-14(5-9-16)13-2-6-15(7-3-13)20(24)17-10-11-18(22)19(12-17)29(23,26)27;14-10-4-1-8(2-5-10)13(17)9-3-6-11(15)12(7-9)20(16,18)19;1-13-8(10)6-2-4-7(5-3-6)9(11)12/h2-12H,1H3,(H2,23,26,27);1-7H,(H2,16,18,19);2-5,11-12H,1H3. The highest BCUT2D eigenvalue weighted by Crippen LogP contribution is 2.26. The van der Waals surface area contributed by atoms with E-state index < -0.39 is 39.1 Å². The number of hydrogen-bond donors (Lipinski definition) is 4. The van der Waals surface area contributed by atoms with Gasteiger partial charge in [-0.1, -0.05) is 87.7 Å². The highest BCUT2D eigenvalue weighted by Gasteiger charge is 2.19. The summed E-state index contributed by atoms with van der Waals surface area (Å²) in [5, 5.41) is 27.6. The largest absolute Gasteiger partial charge is 0.488 e. The van der Waals surface area contributed by atoms with Crippen molar-refractivity contribution in [2.45, 2.75) is 9.79 Å². The van der Waals surface area contributed by atoms with E-state index in [0.717, 1.165) is 15.6 Å². The Morgan fingerprint density at radius 3 is 1.15 bits per heavy atom. The van der Waals surface area contributed by atoms with Crippen LogP contribution in [-0.4, -0.2) is 71.7 Å². The van der Waals surface area contributed by atoms with Gasteiger partial charge < -0.3 is 19.5 Å². The van der Waals surface area contributed by atoms with E-state index in [0.29, 0.717) is 27.7 Å². The van der Waals surface area contributed by atoms with Crippen LogP contribution >= 0.6 is 39.1 Å². The van der Waals surface area contributed by atoms with Crippen molar-refractivity contribution in [2.75, 3.05) is 14.2 Å². The summed E-state index contributed by atoms with van der Waals surface area (Å²) in [6, 6.07) is 34.2. The highest BCUT2D eigenvalue weighted by molar-refractivity contribution is 9.10. The fourth-order valence-corrected chi connectivity index (χ4v) is 7.71. The van der Waals surface area contributed by atoms with Crippen molar-refractivity contribution in [1.29, 1.82) is 0 Å². The molecule has 0 saturated carbocycles. The fraction of sp³-hybridized carbons (Fsp3) is 0.0476. The van der Waals surface area contributed by atoms with E-state index in [-0.39, 0.29) is 42.5 Å². The van der Waals surface area contributed by atoms with E-state index >= 15 is 0 Å². The number of sulfonamides is 2. The first-order chi connectivity index (χ1) is 29.1. The Balaban J connectivity index is 0.000000222. The van der Waals surface area contributed by atoms with Crippen LogP contribution in [0.2, 0.25) is 10.0 Å². The lowest BCUT2D eigenvalue weighted by atomic mass is 9.80. The van der Waals surface area contributed by atoms with Gasteiger partial charge in [-0.3, -0.25) is 9.59 Å². The Hall–Kier alpha value is -5.54. The Morgan fingerprint density at radius 1 is 0.516 bits per heavy atom. The number of methoxy groups -OCH3 is 2. The average Bonchev–Trinajstić information content (AvgIpc) is 3.25. The summed E-state index contributed by atoms with van der Waals surface area (Å²) < 4.78 is 56.0. The van der Waals surface area contributed by atoms with Crippen LogP contribution in [0, 0.1) is 0 Å². The van der Waals surface area contributed by atoms with Crippen molar-refractivity contribution in [2.24, 2.45) is 10.3 Å². The van der Waals surface area contributed by atoms with Crippen molar-refractivity contribution in [3.63, 3.8) is 0 Å². The molecular formula is C42H34BBrCl2N2O12S2. The summed E-state index contributed by atoms with van der Waals surface area (Å²) in [6.45, 7) is 0. The Morgan fingerprint density at radius 2 is 0.823 bits per heavy atom. The second-order valence-corrected chi connectivity index (χ2v) is 17.5. The number of benzene rings is 6. The molecule has 0 fully saturated rings. The minimum Gasteiger partial charge on any atom is -0.465 e. The van der Waals surface area contributed by atoms with Crippen molar-refractivity contribution in [3.8, 4) is 11.1 Å². The van der Waals surface area contributed by atoms with Crippen LogP contribution in [0.3, 0.4) is 0 Å². The molecule has 6 aromatic rings. The van der Waals surface area contributed by atoms with E-state index in [1.165, 1.54) is 74.9 Å². The second-order valence-electron chi connectivity index (χ2n) is 12.7. The molecule has 6 rings (SSSR count). The summed E-state index contributed by atoms with van der Waals surface area (Å²) >= 11 is 14.9. The van der Waals surface area contributed by atoms with Gasteiger partial charge in [0.1, 0.15) is 9.79 Å². The molecule has 0 bridgehead atoms. The normalized spacial score (nSPS) is 10.9. The van der Waals surface area contributed by atoms with Gasteiger partial charge in [0.15, 0.2) is 11.6 Å². The quantitative estimate of drug-likeness (QED) is 0.0722. The van der Waals surface area contributed by atoms with E-state index in [1.54, 1.807) is 72.8 Å². The molecule has 0 saturated heterocycles. The number of halogens is 3. The van der Waals surface area contributed by atoms with Crippen LogP contribution in [0.5, 0.6) is 0 Å². The Labute approximate surface area is 375 Å². The number of nitrogens with two attached hydrogens (primary N) is 2. The minimum atomic E-state index is -4.04. The maximum Gasteiger partial charge on any atom is 0.488 e. The number of ketones is 2. The van der Waals surface area contributed by atoms with Crippen LogP contribution in [-0.2, 0) is 29.5 Å². The third kappa shape index (κ3) is 13.2. The number of carbonyl (C=O) groups excluding carboxylic acids is 4. The van der Waals surface area contributed by atoms with Gasteiger partial charge in [-0.05, 0) is 102 Å². The Kier molecular flexibility index (Phi) is 17.0. The lowest BCUT2D eigenvalue weighted by Gasteiger charge is -2.07. The minimum absolute atomic E-state index is 0.0140. The SMILES string of the molecule is COC(=O)c1ccc(-c2ccc(C(=O)c3ccc(Cl)c(S(N)(=O)=O)c3)cc2)cc1.COC(=O)c1ccc(B(O)O)cc1.NS(=O)(=O)c1cc(C(=O)c2ccc(Br)cc2)ccc1Cl. The lowest BCUT2D eigenvalue weighted by Crippen LogP contribution is -2.29. The molecule has 0 spiro atoms. The van der Waals surface area contributed by atoms with Gasteiger partial charge in [-0.15, -0.1) is 0 Å². The molecule has 0 radical (unpaired) electrons. The molecule has 0 aliphatic carbocycles. The molecule has 6 N–H and O–H groups in total. The molecular weight excluding hydrogens is 950 g/mol. The third-order valence-corrected chi connectivity index (χ3v) is 11.8. The van der Waals surface area contributed by atoms with Gasteiger partial charge in [0.25, 0.3) is 0 Å². The molecule has 0 amide bonds. The lowest BCUT2D eigenvalue weighted by molar-refractivity contribution is 0.0592. The molecule has 0 aliphatic rings. The fourth-order valence-electron chi connectivity index (χ4n) is 5.30. The van der Waals surface area contributed by atoms with Gasteiger partial charge in [0.05, 0.1) is 35.4 Å². The molecule has 0 atom stereocenters. The highest BCUT2D eigenvalue weighted by atomic mass is 79.9. The zero-order chi connectivity index (χ0) is 45.9. The topological polar surface area (TPSA) is 248 Å². The van der Waals surface area contributed by atoms with Crippen molar-refractivity contribution < 1.29 is 55.5 Å². The molecule has 62 heavy (non-hydrogen) atoms. The van der Waals surface area contributed by atoms with E-state index in [4.69, 9.17) is 43.5 Å². The molecule has 320 valence electrons. The third-order valence-electron chi connectivity index (χ3n) is 8.52. The molecule has 6 aromatic carbocycles. The molecule has 20 heteroatoms. The van der Waals surface area contributed by atoms with Crippen molar-refractivity contribution in [3.05, 3.63) is 181 Å². The zero-order valence-electron chi connectivity index (χ0n) is 32.4. The summed E-state index contributed by atoms with van der Waals surface area (Å²) in [6.07, 6.45) is 0. The molecule has 0 unspecified atom stereocenters. The predicted octanol–water partition coefficient (Wildman–Crippen LogP) is 5.81. The molecule has 0 aromatic heterocycles. The maximum absolute atomic E-state index is 12.7. The van der Waals surface area contributed by atoms with Crippen LogP contribution in [0.1, 0.15) is 52.6 Å². The summed E-state index contributed by atoms with van der Waals surface area (Å²) in [5.74, 6) is -1.53. The number of hydrogen-bond acceptors (Lipinski definition) is 12. The first-order valence-electron chi connectivity index (χ1n) is 17.5. The molecule has 0 aliphatic heterocycles. The summed E-state index contributed by atoms with van der Waals surface area (Å²) in [4.78, 5) is 46.9. The van der Waals surface area contributed by atoms with Crippen molar-refractivity contribution >= 4 is 95.3 Å².